The minimum Gasteiger partial charge on any atom is -0.389 e. The van der Waals surface area contributed by atoms with Crippen molar-refractivity contribution < 1.29 is 9.90 Å². The van der Waals surface area contributed by atoms with Gasteiger partial charge in [0.15, 0.2) is 0 Å². The van der Waals surface area contributed by atoms with Gasteiger partial charge in [0.25, 0.3) is 5.91 Å². The molecule has 1 spiro atoms. The zero-order chi connectivity index (χ0) is 19.7. The summed E-state index contributed by atoms with van der Waals surface area (Å²) in [4.78, 5) is 17.6. The molecule has 2 aliphatic heterocycles. The highest BCUT2D eigenvalue weighted by molar-refractivity contribution is 5.95. The molecular formula is C24H30N2O2. The fraction of sp³-hybridized carbons (Fsp3) is 0.458. The number of nitrogens with zero attached hydrogens (tertiary/aromatic N) is 2. The number of carbonyl (C=O) groups is 1. The van der Waals surface area contributed by atoms with Gasteiger partial charge in [-0.25, -0.2) is 0 Å². The summed E-state index contributed by atoms with van der Waals surface area (Å²) in [6.45, 7) is 5.81. The Balaban J connectivity index is 1.49. The number of hydrogen-bond donors (Lipinski definition) is 1. The molecular weight excluding hydrogens is 348 g/mol. The van der Waals surface area contributed by atoms with E-state index in [9.17, 15) is 9.90 Å². The number of piperidine rings is 1. The monoisotopic (exact) mass is 378 g/mol. The van der Waals surface area contributed by atoms with Crippen molar-refractivity contribution in [1.82, 2.24) is 9.80 Å². The van der Waals surface area contributed by atoms with Crippen molar-refractivity contribution in [3.05, 3.63) is 59.7 Å². The van der Waals surface area contributed by atoms with E-state index in [-0.39, 0.29) is 5.91 Å². The Kier molecular flexibility index (Phi) is 5.26. The van der Waals surface area contributed by atoms with Gasteiger partial charge >= 0.3 is 0 Å². The topological polar surface area (TPSA) is 43.8 Å². The van der Waals surface area contributed by atoms with Gasteiger partial charge in [0.1, 0.15) is 0 Å². The van der Waals surface area contributed by atoms with Crippen molar-refractivity contribution in [3.8, 4) is 11.1 Å². The molecule has 2 aliphatic rings. The Bertz CT molecular complexity index is 836. The van der Waals surface area contributed by atoms with E-state index >= 15 is 0 Å². The summed E-state index contributed by atoms with van der Waals surface area (Å²) in [5, 5.41) is 9.69. The lowest BCUT2D eigenvalue weighted by Gasteiger charge is -2.37. The van der Waals surface area contributed by atoms with Crippen molar-refractivity contribution in [2.45, 2.75) is 32.3 Å². The van der Waals surface area contributed by atoms with Crippen LogP contribution in [0.2, 0.25) is 0 Å². The molecule has 0 aromatic heterocycles. The first-order chi connectivity index (χ1) is 13.5. The third kappa shape index (κ3) is 3.85. The molecule has 2 fully saturated rings. The van der Waals surface area contributed by atoms with E-state index in [1.807, 2.05) is 48.5 Å². The first-order valence-corrected chi connectivity index (χ1v) is 10.3. The van der Waals surface area contributed by atoms with E-state index in [1.54, 1.807) is 6.92 Å². The number of rotatable bonds is 3. The number of hydrogen-bond acceptors (Lipinski definition) is 3. The summed E-state index contributed by atoms with van der Waals surface area (Å²) >= 11 is 0. The summed E-state index contributed by atoms with van der Waals surface area (Å²) in [7, 11) is 2.18. The fourth-order valence-corrected chi connectivity index (χ4v) is 4.58. The maximum absolute atomic E-state index is 13.1. The summed E-state index contributed by atoms with van der Waals surface area (Å²) in [5.74, 6) is 0.151. The molecule has 2 aromatic carbocycles. The molecule has 0 bridgehead atoms. The van der Waals surface area contributed by atoms with Crippen LogP contribution in [0, 0.1) is 5.41 Å². The van der Waals surface area contributed by atoms with Crippen molar-refractivity contribution in [3.63, 3.8) is 0 Å². The minimum absolute atomic E-state index is 0.151. The largest absolute Gasteiger partial charge is 0.389 e. The molecule has 0 radical (unpaired) electrons. The second kappa shape index (κ2) is 7.69. The standard InChI is InChI=1S/C24H30N2O2/c1-18(27)19-6-8-20(9-7-19)21-4-3-5-22(16-21)23(28)26-15-12-24(17-26)10-13-25(2)14-11-24/h3-9,16,18,27H,10-15,17H2,1-2H3/t18-/m1/s1. The quantitative estimate of drug-likeness (QED) is 0.879. The molecule has 2 heterocycles. The van der Waals surface area contributed by atoms with Gasteiger partial charge in [0, 0.05) is 18.7 Å². The predicted octanol–water partition coefficient (Wildman–Crippen LogP) is 3.96. The fourth-order valence-electron chi connectivity index (χ4n) is 4.58. The van der Waals surface area contributed by atoms with E-state index in [4.69, 9.17) is 0 Å². The first-order valence-electron chi connectivity index (χ1n) is 10.3. The molecule has 1 N–H and O–H groups in total. The Morgan fingerprint density at radius 1 is 1.00 bits per heavy atom. The van der Waals surface area contributed by atoms with Crippen LogP contribution in [0.1, 0.15) is 48.2 Å². The first kappa shape index (κ1) is 19.2. The smallest absolute Gasteiger partial charge is 0.253 e. The molecule has 1 amide bonds. The van der Waals surface area contributed by atoms with Crippen molar-refractivity contribution >= 4 is 5.91 Å². The number of aliphatic hydroxyl groups is 1. The Labute approximate surface area is 167 Å². The number of amides is 1. The van der Waals surface area contributed by atoms with E-state index in [2.05, 4.69) is 16.8 Å². The zero-order valence-corrected chi connectivity index (χ0v) is 16.9. The van der Waals surface area contributed by atoms with Crippen LogP contribution in [0.4, 0.5) is 0 Å². The molecule has 4 nitrogen and oxygen atoms in total. The van der Waals surface area contributed by atoms with Gasteiger partial charge in [-0.05, 0) is 80.6 Å². The molecule has 148 valence electrons. The van der Waals surface area contributed by atoms with E-state index in [0.29, 0.717) is 5.41 Å². The van der Waals surface area contributed by atoms with Crippen LogP contribution in [0.25, 0.3) is 11.1 Å². The van der Waals surface area contributed by atoms with Crippen LogP contribution in [0.15, 0.2) is 48.5 Å². The molecule has 1 atom stereocenters. The normalized spacial score (nSPS) is 20.5. The van der Waals surface area contributed by atoms with Crippen LogP contribution in [0.5, 0.6) is 0 Å². The van der Waals surface area contributed by atoms with Gasteiger partial charge in [0.05, 0.1) is 6.10 Å². The highest BCUT2D eigenvalue weighted by atomic mass is 16.3. The lowest BCUT2D eigenvalue weighted by molar-refractivity contribution is 0.0736. The van der Waals surface area contributed by atoms with E-state index in [0.717, 1.165) is 54.9 Å². The summed E-state index contributed by atoms with van der Waals surface area (Å²) in [6.07, 6.45) is 3.06. The molecule has 4 rings (SSSR count). The number of benzene rings is 2. The summed E-state index contributed by atoms with van der Waals surface area (Å²) < 4.78 is 0. The lowest BCUT2D eigenvalue weighted by atomic mass is 9.78. The SMILES string of the molecule is C[C@@H](O)c1ccc(-c2cccc(C(=O)N3CCC4(CCN(C)CC4)C3)c2)cc1. The molecule has 0 aliphatic carbocycles. The molecule has 2 aromatic rings. The molecule has 4 heteroatoms. The predicted molar refractivity (Wildman–Crippen MR) is 112 cm³/mol. The van der Waals surface area contributed by atoms with E-state index in [1.165, 1.54) is 12.8 Å². The third-order valence-electron chi connectivity index (χ3n) is 6.61. The Hall–Kier alpha value is -2.17. The van der Waals surface area contributed by atoms with Gasteiger partial charge in [-0.15, -0.1) is 0 Å². The number of aliphatic hydroxyl groups excluding tert-OH is 1. The molecule has 2 saturated heterocycles. The molecule has 0 saturated carbocycles. The van der Waals surface area contributed by atoms with Gasteiger partial charge in [-0.1, -0.05) is 36.4 Å². The maximum Gasteiger partial charge on any atom is 0.253 e. The minimum atomic E-state index is -0.468. The van der Waals surface area contributed by atoms with Crippen LogP contribution in [0.3, 0.4) is 0 Å². The van der Waals surface area contributed by atoms with Gasteiger partial charge in [-0.3, -0.25) is 4.79 Å². The molecule has 28 heavy (non-hydrogen) atoms. The molecule has 0 unspecified atom stereocenters. The second-order valence-corrected chi connectivity index (χ2v) is 8.66. The summed E-state index contributed by atoms with van der Waals surface area (Å²) in [5.41, 5.74) is 4.10. The van der Waals surface area contributed by atoms with E-state index < -0.39 is 6.10 Å². The van der Waals surface area contributed by atoms with Crippen LogP contribution < -0.4 is 0 Å². The Morgan fingerprint density at radius 2 is 1.68 bits per heavy atom. The maximum atomic E-state index is 13.1. The Morgan fingerprint density at radius 3 is 2.36 bits per heavy atom. The number of likely N-dealkylation sites (tertiary alicyclic amines) is 2. The van der Waals surface area contributed by atoms with Gasteiger partial charge < -0.3 is 14.9 Å². The van der Waals surface area contributed by atoms with Crippen molar-refractivity contribution in [2.75, 3.05) is 33.2 Å². The summed E-state index contributed by atoms with van der Waals surface area (Å²) in [6, 6.07) is 15.8. The number of carbonyl (C=O) groups excluding carboxylic acids is 1. The average molecular weight is 379 g/mol. The van der Waals surface area contributed by atoms with Crippen LogP contribution in [-0.4, -0.2) is 54.0 Å². The average Bonchev–Trinajstić information content (AvgIpc) is 3.14. The van der Waals surface area contributed by atoms with Crippen LogP contribution >= 0.6 is 0 Å². The second-order valence-electron chi connectivity index (χ2n) is 8.66. The lowest BCUT2D eigenvalue weighted by Crippen LogP contribution is -2.40. The van der Waals surface area contributed by atoms with Crippen molar-refractivity contribution in [2.24, 2.45) is 5.41 Å². The highest BCUT2D eigenvalue weighted by Crippen LogP contribution is 2.40. The van der Waals surface area contributed by atoms with Crippen LogP contribution in [-0.2, 0) is 0 Å². The third-order valence-corrected chi connectivity index (χ3v) is 6.61. The highest BCUT2D eigenvalue weighted by Gasteiger charge is 2.41. The zero-order valence-electron chi connectivity index (χ0n) is 16.9. The van der Waals surface area contributed by atoms with Crippen molar-refractivity contribution in [1.29, 1.82) is 0 Å². The van der Waals surface area contributed by atoms with Gasteiger partial charge in [0.2, 0.25) is 0 Å². The van der Waals surface area contributed by atoms with Gasteiger partial charge in [-0.2, -0.15) is 0 Å².